The lowest BCUT2D eigenvalue weighted by Crippen LogP contribution is -1.94. The molecule has 0 spiro atoms. The molecule has 6 aromatic carbocycles. The third-order valence-electron chi connectivity index (χ3n) is 8.48. The number of aromatic nitrogens is 3. The molecule has 0 saturated heterocycles. The van der Waals surface area contributed by atoms with Gasteiger partial charge in [-0.05, 0) is 77.9 Å². The molecule has 0 amide bonds. The SMILES string of the molecule is [C-]#[N+]c1cc(C#N)cc(-c2ccc(-n3c4cc(-c5nc6ccccc6s5)ccc4c4ccc(-c5nc6ccccc6s5)cc43)cc2)c1. The molecule has 0 radical (unpaired) electrons. The topological polar surface area (TPSA) is 58.9 Å². The largest absolute Gasteiger partial charge is 0.309 e. The molecule has 5 nitrogen and oxygen atoms in total. The van der Waals surface area contributed by atoms with Crippen LogP contribution in [0.15, 0.2) is 127 Å². The molecular formula is C40H21N5S2. The normalized spacial score (nSPS) is 11.4. The summed E-state index contributed by atoms with van der Waals surface area (Å²) in [5, 5.41) is 13.8. The van der Waals surface area contributed by atoms with Crippen molar-refractivity contribution in [3.8, 4) is 44.0 Å². The zero-order chi connectivity index (χ0) is 31.5. The van der Waals surface area contributed by atoms with Crippen molar-refractivity contribution in [2.24, 2.45) is 0 Å². The molecule has 218 valence electrons. The summed E-state index contributed by atoms with van der Waals surface area (Å²) < 4.78 is 4.65. The first-order valence-corrected chi connectivity index (χ1v) is 16.6. The zero-order valence-electron chi connectivity index (χ0n) is 24.7. The van der Waals surface area contributed by atoms with Gasteiger partial charge in [0.05, 0.1) is 44.1 Å². The summed E-state index contributed by atoms with van der Waals surface area (Å²) in [5.41, 5.74) is 10.1. The van der Waals surface area contributed by atoms with Crippen LogP contribution in [0.25, 0.3) is 85.0 Å². The van der Waals surface area contributed by atoms with Gasteiger partial charge in [-0.25, -0.2) is 14.8 Å². The quantitative estimate of drug-likeness (QED) is 0.181. The summed E-state index contributed by atoms with van der Waals surface area (Å²) in [6.07, 6.45) is 0. The van der Waals surface area contributed by atoms with E-state index in [1.54, 1.807) is 28.7 Å². The van der Waals surface area contributed by atoms with Crippen molar-refractivity contribution in [1.82, 2.24) is 14.5 Å². The second kappa shape index (κ2) is 10.8. The molecule has 0 fully saturated rings. The van der Waals surface area contributed by atoms with Crippen molar-refractivity contribution in [2.75, 3.05) is 0 Å². The van der Waals surface area contributed by atoms with Crippen LogP contribution >= 0.6 is 22.7 Å². The maximum absolute atomic E-state index is 9.53. The molecule has 9 aromatic rings. The van der Waals surface area contributed by atoms with Crippen LogP contribution in [0.5, 0.6) is 0 Å². The summed E-state index contributed by atoms with van der Waals surface area (Å²) in [6, 6.07) is 45.6. The van der Waals surface area contributed by atoms with Gasteiger partial charge < -0.3 is 4.57 Å². The molecule has 0 aliphatic rings. The number of hydrogen-bond acceptors (Lipinski definition) is 5. The first-order valence-electron chi connectivity index (χ1n) is 15.0. The number of thiazole rings is 2. The second-order valence-electron chi connectivity index (χ2n) is 11.3. The van der Waals surface area contributed by atoms with E-state index in [-0.39, 0.29) is 0 Å². The molecule has 3 heterocycles. The molecule has 0 saturated carbocycles. The average molecular weight is 636 g/mol. The van der Waals surface area contributed by atoms with Gasteiger partial charge >= 0.3 is 0 Å². The summed E-state index contributed by atoms with van der Waals surface area (Å²) in [4.78, 5) is 13.5. The molecule has 0 N–H and O–H groups in total. The van der Waals surface area contributed by atoms with Gasteiger partial charge in [0.25, 0.3) is 0 Å². The van der Waals surface area contributed by atoms with Gasteiger partial charge in [-0.2, -0.15) is 5.26 Å². The standard InChI is InChI=1S/C40H21N5S2/c1-42-29-19-24(23-41)18-28(20-29)25-10-14-30(15-11-25)45-35-21-26(39-43-33-6-2-4-8-37(33)46-39)12-16-31(35)32-17-13-27(22-36(32)45)40-44-34-7-3-5-9-38(34)47-40/h2-22H. The number of hydrogen-bond donors (Lipinski definition) is 0. The fourth-order valence-electron chi connectivity index (χ4n) is 6.26. The Kier molecular flexibility index (Phi) is 6.22. The highest BCUT2D eigenvalue weighted by molar-refractivity contribution is 7.22. The van der Waals surface area contributed by atoms with Gasteiger partial charge in [-0.1, -0.05) is 60.7 Å². The van der Waals surface area contributed by atoms with E-state index in [1.807, 2.05) is 24.3 Å². The van der Waals surface area contributed by atoms with E-state index in [0.29, 0.717) is 11.3 Å². The Morgan fingerprint density at radius 2 is 1.15 bits per heavy atom. The Hall–Kier alpha value is -6.12. The van der Waals surface area contributed by atoms with Gasteiger partial charge in [-0.15, -0.1) is 22.7 Å². The number of rotatable bonds is 4. The maximum Gasteiger partial charge on any atom is 0.189 e. The van der Waals surface area contributed by atoms with Crippen LogP contribution in [0.3, 0.4) is 0 Å². The Morgan fingerprint density at radius 3 is 1.68 bits per heavy atom. The fraction of sp³-hybridized carbons (Fsp3) is 0. The first kappa shape index (κ1) is 27.2. The maximum atomic E-state index is 9.53. The van der Waals surface area contributed by atoms with E-state index in [0.717, 1.165) is 70.8 Å². The number of nitrogens with zero attached hydrogens (tertiary/aromatic N) is 5. The Labute approximate surface area is 277 Å². The number of para-hydroxylation sites is 2. The average Bonchev–Trinajstić information content (AvgIpc) is 3.84. The Morgan fingerprint density at radius 1 is 0.596 bits per heavy atom. The van der Waals surface area contributed by atoms with Crippen molar-refractivity contribution in [3.63, 3.8) is 0 Å². The summed E-state index contributed by atoms with van der Waals surface area (Å²) in [7, 11) is 0. The van der Waals surface area contributed by atoms with Crippen molar-refractivity contribution in [3.05, 3.63) is 144 Å². The van der Waals surface area contributed by atoms with E-state index in [2.05, 4.69) is 113 Å². The van der Waals surface area contributed by atoms with E-state index in [1.165, 1.54) is 9.40 Å². The van der Waals surface area contributed by atoms with Crippen LogP contribution in [-0.2, 0) is 0 Å². The predicted octanol–water partition coefficient (Wildman–Crippen LogP) is 11.4. The molecule has 7 heteroatoms. The van der Waals surface area contributed by atoms with E-state index < -0.39 is 0 Å². The number of fused-ring (bicyclic) bond motifs is 5. The molecule has 3 aromatic heterocycles. The van der Waals surface area contributed by atoms with E-state index >= 15 is 0 Å². The minimum absolute atomic E-state index is 0.454. The molecule has 0 atom stereocenters. The zero-order valence-corrected chi connectivity index (χ0v) is 26.3. The lowest BCUT2D eigenvalue weighted by molar-refractivity contribution is 1.18. The lowest BCUT2D eigenvalue weighted by atomic mass is 10.0. The molecule has 9 rings (SSSR count). The van der Waals surface area contributed by atoms with Crippen LogP contribution in [-0.4, -0.2) is 14.5 Å². The molecule has 0 aliphatic heterocycles. The first-order chi connectivity index (χ1) is 23.1. The van der Waals surface area contributed by atoms with E-state index in [4.69, 9.17) is 16.5 Å². The monoisotopic (exact) mass is 635 g/mol. The summed E-state index contributed by atoms with van der Waals surface area (Å²) in [6.45, 7) is 7.48. The molecule has 0 bridgehead atoms. The minimum Gasteiger partial charge on any atom is -0.309 e. The fourth-order valence-corrected chi connectivity index (χ4v) is 8.19. The number of nitriles is 1. The van der Waals surface area contributed by atoms with Crippen LogP contribution in [0.1, 0.15) is 5.56 Å². The van der Waals surface area contributed by atoms with Crippen LogP contribution in [0, 0.1) is 17.9 Å². The van der Waals surface area contributed by atoms with Crippen LogP contribution in [0.4, 0.5) is 5.69 Å². The highest BCUT2D eigenvalue weighted by Gasteiger charge is 2.17. The summed E-state index contributed by atoms with van der Waals surface area (Å²) >= 11 is 3.41. The van der Waals surface area contributed by atoms with Gasteiger partial charge in [0.1, 0.15) is 10.0 Å². The van der Waals surface area contributed by atoms with Crippen molar-refractivity contribution < 1.29 is 0 Å². The van der Waals surface area contributed by atoms with Gasteiger partial charge in [0.2, 0.25) is 0 Å². The summed E-state index contributed by atoms with van der Waals surface area (Å²) in [5.74, 6) is 0. The van der Waals surface area contributed by atoms with Crippen molar-refractivity contribution in [1.29, 1.82) is 5.26 Å². The smallest absolute Gasteiger partial charge is 0.189 e. The van der Waals surface area contributed by atoms with Gasteiger partial charge in [0.15, 0.2) is 5.69 Å². The van der Waals surface area contributed by atoms with Crippen molar-refractivity contribution >= 4 is 70.6 Å². The van der Waals surface area contributed by atoms with E-state index in [9.17, 15) is 5.26 Å². The molecule has 0 unspecified atom stereocenters. The second-order valence-corrected chi connectivity index (χ2v) is 13.4. The van der Waals surface area contributed by atoms with Gasteiger partial charge in [0, 0.05) is 33.2 Å². The van der Waals surface area contributed by atoms with Crippen molar-refractivity contribution in [2.45, 2.75) is 0 Å². The minimum atomic E-state index is 0.454. The molecule has 47 heavy (non-hydrogen) atoms. The molecular weight excluding hydrogens is 615 g/mol. The lowest BCUT2D eigenvalue weighted by Gasteiger charge is -2.11. The Bertz CT molecular complexity index is 2540. The predicted molar refractivity (Wildman–Crippen MR) is 194 cm³/mol. The van der Waals surface area contributed by atoms with Gasteiger partial charge in [-0.3, -0.25) is 0 Å². The van der Waals surface area contributed by atoms with Crippen LogP contribution < -0.4 is 0 Å². The third-order valence-corrected chi connectivity index (χ3v) is 10.7. The highest BCUT2D eigenvalue weighted by atomic mass is 32.1. The highest BCUT2D eigenvalue weighted by Crippen LogP contribution is 2.40. The third kappa shape index (κ3) is 4.57. The Balaban J connectivity index is 1.25. The number of benzene rings is 6. The molecule has 0 aliphatic carbocycles. The van der Waals surface area contributed by atoms with Crippen LogP contribution in [0.2, 0.25) is 0 Å².